The first kappa shape index (κ1) is 20.2. The van der Waals surface area contributed by atoms with Crippen LogP contribution in [0.4, 0.5) is 8.78 Å². The summed E-state index contributed by atoms with van der Waals surface area (Å²) in [4.78, 5) is 13.2. The summed E-state index contributed by atoms with van der Waals surface area (Å²) in [7, 11) is -4.16. The molecule has 5 nitrogen and oxygen atoms in total. The lowest BCUT2D eigenvalue weighted by Gasteiger charge is -2.33. The first-order valence-electron chi connectivity index (χ1n) is 8.77. The van der Waals surface area contributed by atoms with E-state index in [4.69, 9.17) is 0 Å². The Kier molecular flexibility index (Phi) is 5.90. The number of aryl methyl sites for hydroxylation is 1. The van der Waals surface area contributed by atoms with E-state index >= 15 is 0 Å². The summed E-state index contributed by atoms with van der Waals surface area (Å²) in [5.41, 5.74) is 1.97. The Morgan fingerprint density at radius 1 is 1.04 bits per heavy atom. The minimum absolute atomic E-state index is 0.0161. The maximum Gasteiger partial charge on any atom is 0.246 e. The van der Waals surface area contributed by atoms with Crippen LogP contribution >= 0.6 is 0 Å². The molecule has 148 valence electrons. The summed E-state index contributed by atoms with van der Waals surface area (Å²) in [6.07, 6.45) is 3.18. The molecule has 0 bridgehead atoms. The molecule has 1 saturated heterocycles. The third-order valence-electron chi connectivity index (χ3n) is 4.66. The van der Waals surface area contributed by atoms with Crippen molar-refractivity contribution in [1.82, 2.24) is 9.21 Å². The van der Waals surface area contributed by atoms with Gasteiger partial charge in [0.1, 0.15) is 16.5 Å². The standard InChI is InChI=1S/C20H20F2N2O3S/c1-15-4-2-3-5-16(15)6-9-20(25)23-10-12-24(13-11-23)28(26,27)19-14-17(21)7-8-18(19)22/h2-9,14H,10-13H2,1H3/b9-6+. The van der Waals surface area contributed by atoms with Crippen molar-refractivity contribution in [2.75, 3.05) is 26.2 Å². The molecule has 1 aliphatic rings. The highest BCUT2D eigenvalue weighted by Crippen LogP contribution is 2.22. The number of halogens is 2. The van der Waals surface area contributed by atoms with Gasteiger partial charge < -0.3 is 4.90 Å². The van der Waals surface area contributed by atoms with Crippen molar-refractivity contribution in [3.8, 4) is 0 Å². The number of amides is 1. The van der Waals surface area contributed by atoms with Crippen molar-refractivity contribution in [2.24, 2.45) is 0 Å². The van der Waals surface area contributed by atoms with E-state index in [2.05, 4.69) is 0 Å². The largest absolute Gasteiger partial charge is 0.337 e. The van der Waals surface area contributed by atoms with Crippen molar-refractivity contribution >= 4 is 22.0 Å². The molecule has 0 unspecified atom stereocenters. The number of hydrogen-bond acceptors (Lipinski definition) is 3. The fourth-order valence-corrected chi connectivity index (χ4v) is 4.50. The van der Waals surface area contributed by atoms with E-state index in [1.807, 2.05) is 31.2 Å². The highest BCUT2D eigenvalue weighted by Gasteiger charge is 2.31. The molecule has 0 N–H and O–H groups in total. The van der Waals surface area contributed by atoms with Gasteiger partial charge >= 0.3 is 0 Å². The van der Waals surface area contributed by atoms with E-state index in [1.54, 1.807) is 6.08 Å². The second-order valence-corrected chi connectivity index (χ2v) is 8.40. The molecule has 1 heterocycles. The van der Waals surface area contributed by atoms with Crippen molar-refractivity contribution in [3.63, 3.8) is 0 Å². The molecule has 0 aromatic heterocycles. The molecule has 2 aromatic carbocycles. The zero-order chi connectivity index (χ0) is 20.3. The molecule has 0 saturated carbocycles. The summed E-state index contributed by atoms with van der Waals surface area (Å²) >= 11 is 0. The van der Waals surface area contributed by atoms with Crippen LogP contribution in [0.25, 0.3) is 6.08 Å². The van der Waals surface area contributed by atoms with E-state index in [-0.39, 0.29) is 32.1 Å². The average molecular weight is 406 g/mol. The van der Waals surface area contributed by atoms with E-state index in [0.717, 1.165) is 27.6 Å². The second kappa shape index (κ2) is 8.20. The van der Waals surface area contributed by atoms with Crippen LogP contribution in [0.1, 0.15) is 11.1 Å². The Morgan fingerprint density at radius 3 is 2.39 bits per heavy atom. The topological polar surface area (TPSA) is 57.7 Å². The van der Waals surface area contributed by atoms with Gasteiger partial charge in [0.25, 0.3) is 0 Å². The van der Waals surface area contributed by atoms with Crippen molar-refractivity contribution in [3.05, 3.63) is 71.3 Å². The highest BCUT2D eigenvalue weighted by molar-refractivity contribution is 7.89. The Labute approximate surface area is 162 Å². The molecule has 0 atom stereocenters. The van der Waals surface area contributed by atoms with Crippen LogP contribution in [-0.4, -0.2) is 49.7 Å². The molecule has 0 radical (unpaired) electrons. The van der Waals surface area contributed by atoms with Crippen LogP contribution in [-0.2, 0) is 14.8 Å². The smallest absolute Gasteiger partial charge is 0.246 e. The number of sulfonamides is 1. The predicted octanol–water partition coefficient (Wildman–Crippen LogP) is 2.82. The van der Waals surface area contributed by atoms with Gasteiger partial charge in [-0.15, -0.1) is 0 Å². The molecule has 1 amide bonds. The lowest BCUT2D eigenvalue weighted by molar-refractivity contribution is -0.127. The van der Waals surface area contributed by atoms with Crippen LogP contribution in [0.15, 0.2) is 53.4 Å². The third-order valence-corrected chi connectivity index (χ3v) is 6.57. The Bertz CT molecular complexity index is 1010. The van der Waals surface area contributed by atoms with E-state index in [0.29, 0.717) is 6.07 Å². The summed E-state index contributed by atoms with van der Waals surface area (Å²) in [5, 5.41) is 0. The normalized spacial score (nSPS) is 15.9. The number of piperazine rings is 1. The predicted molar refractivity (Wildman–Crippen MR) is 102 cm³/mol. The van der Waals surface area contributed by atoms with Crippen molar-refractivity contribution in [1.29, 1.82) is 0 Å². The SMILES string of the molecule is Cc1ccccc1/C=C/C(=O)N1CCN(S(=O)(=O)c2cc(F)ccc2F)CC1. The zero-order valence-corrected chi connectivity index (χ0v) is 16.1. The Hall–Kier alpha value is -2.58. The fourth-order valence-electron chi connectivity index (χ4n) is 3.00. The van der Waals surface area contributed by atoms with Gasteiger partial charge in [0.15, 0.2) is 0 Å². The first-order valence-corrected chi connectivity index (χ1v) is 10.2. The average Bonchev–Trinajstić information content (AvgIpc) is 2.69. The highest BCUT2D eigenvalue weighted by atomic mass is 32.2. The summed E-state index contributed by atoms with van der Waals surface area (Å²) in [6.45, 7) is 2.32. The van der Waals surface area contributed by atoms with Crippen LogP contribution in [0.2, 0.25) is 0 Å². The molecular formula is C20H20F2N2O3S. The van der Waals surface area contributed by atoms with E-state index in [1.165, 1.54) is 11.0 Å². The molecule has 3 rings (SSSR count). The monoisotopic (exact) mass is 406 g/mol. The van der Waals surface area contributed by atoms with Crippen LogP contribution < -0.4 is 0 Å². The molecule has 0 aliphatic carbocycles. The lowest BCUT2D eigenvalue weighted by atomic mass is 10.1. The van der Waals surface area contributed by atoms with E-state index in [9.17, 15) is 22.0 Å². The Morgan fingerprint density at radius 2 is 1.71 bits per heavy atom. The van der Waals surface area contributed by atoms with Gasteiger partial charge in [0.2, 0.25) is 15.9 Å². The van der Waals surface area contributed by atoms with Gasteiger partial charge in [-0.25, -0.2) is 17.2 Å². The molecule has 28 heavy (non-hydrogen) atoms. The molecule has 1 fully saturated rings. The number of benzene rings is 2. The molecule has 0 spiro atoms. The Balaban J connectivity index is 1.66. The van der Waals surface area contributed by atoms with Gasteiger partial charge in [0, 0.05) is 32.3 Å². The van der Waals surface area contributed by atoms with E-state index < -0.39 is 26.6 Å². The maximum atomic E-state index is 13.9. The van der Waals surface area contributed by atoms with Crippen molar-refractivity contribution < 1.29 is 22.0 Å². The summed E-state index contributed by atoms with van der Waals surface area (Å²) in [6, 6.07) is 9.97. The second-order valence-electron chi connectivity index (χ2n) is 6.49. The summed E-state index contributed by atoms with van der Waals surface area (Å²) < 4.78 is 53.5. The number of hydrogen-bond donors (Lipinski definition) is 0. The van der Waals surface area contributed by atoms with Gasteiger partial charge in [-0.05, 0) is 42.3 Å². The van der Waals surface area contributed by atoms with Gasteiger partial charge in [0.05, 0.1) is 0 Å². The van der Waals surface area contributed by atoms with Gasteiger partial charge in [-0.2, -0.15) is 4.31 Å². The molecular weight excluding hydrogens is 386 g/mol. The number of carbonyl (C=O) groups excluding carboxylic acids is 1. The maximum absolute atomic E-state index is 13.9. The van der Waals surface area contributed by atoms with Crippen LogP contribution in [0, 0.1) is 18.6 Å². The minimum atomic E-state index is -4.16. The number of nitrogens with zero attached hydrogens (tertiary/aromatic N) is 2. The number of carbonyl (C=O) groups is 1. The van der Waals surface area contributed by atoms with Crippen LogP contribution in [0.5, 0.6) is 0 Å². The van der Waals surface area contributed by atoms with Crippen LogP contribution in [0.3, 0.4) is 0 Å². The lowest BCUT2D eigenvalue weighted by Crippen LogP contribution is -2.50. The van der Waals surface area contributed by atoms with Gasteiger partial charge in [-0.1, -0.05) is 24.3 Å². The zero-order valence-electron chi connectivity index (χ0n) is 15.3. The third kappa shape index (κ3) is 4.28. The van der Waals surface area contributed by atoms with Gasteiger partial charge in [-0.3, -0.25) is 4.79 Å². The van der Waals surface area contributed by atoms with Crippen molar-refractivity contribution in [2.45, 2.75) is 11.8 Å². The first-order chi connectivity index (χ1) is 13.3. The minimum Gasteiger partial charge on any atom is -0.337 e. The number of rotatable bonds is 4. The molecule has 2 aromatic rings. The molecule has 1 aliphatic heterocycles. The molecule has 8 heteroatoms. The fraction of sp³-hybridized carbons (Fsp3) is 0.250. The summed E-state index contributed by atoms with van der Waals surface area (Å²) in [5.74, 6) is -2.05. The quantitative estimate of drug-likeness (QED) is 0.734.